The number of benzene rings is 2. The molecule has 1 heterocycles. The van der Waals surface area contributed by atoms with E-state index in [1.54, 1.807) is 13.3 Å². The molecule has 0 spiro atoms. The number of carbonyl (C=O) groups excluding carboxylic acids is 1. The number of anilines is 1. The average molecular weight is 346 g/mol. The van der Waals surface area contributed by atoms with Crippen LogP contribution in [0.1, 0.15) is 24.1 Å². The van der Waals surface area contributed by atoms with Gasteiger partial charge < -0.3 is 10.1 Å². The van der Waals surface area contributed by atoms with Crippen molar-refractivity contribution in [3.63, 3.8) is 0 Å². The summed E-state index contributed by atoms with van der Waals surface area (Å²) in [6, 6.07) is 19.4. The number of nitrogens with one attached hydrogen (secondary N) is 1. The summed E-state index contributed by atoms with van der Waals surface area (Å²) in [5.74, 6) is 0.428. The Morgan fingerprint density at radius 1 is 1.04 bits per heavy atom. The fourth-order valence-corrected chi connectivity index (χ4v) is 2.78. The van der Waals surface area contributed by atoms with E-state index < -0.39 is 0 Å². The Labute approximate surface area is 153 Å². The molecule has 4 heteroatoms. The molecule has 0 radical (unpaired) electrons. The Kier molecular flexibility index (Phi) is 5.32. The minimum Gasteiger partial charge on any atom is -0.497 e. The summed E-state index contributed by atoms with van der Waals surface area (Å²) in [5.41, 5.74) is 4.88. The van der Waals surface area contributed by atoms with Crippen molar-refractivity contribution in [3.8, 4) is 16.9 Å². The molecule has 1 atom stereocenters. The largest absolute Gasteiger partial charge is 0.497 e. The molecule has 1 aromatic heterocycles. The van der Waals surface area contributed by atoms with Crippen LogP contribution in [-0.4, -0.2) is 18.0 Å². The molecule has 0 aliphatic carbocycles. The van der Waals surface area contributed by atoms with E-state index in [4.69, 9.17) is 4.74 Å². The van der Waals surface area contributed by atoms with Crippen LogP contribution in [0.3, 0.4) is 0 Å². The maximum Gasteiger partial charge on any atom is 0.231 e. The fourth-order valence-electron chi connectivity index (χ4n) is 2.78. The number of aryl methyl sites for hydroxylation is 1. The molecule has 3 aromatic rings. The number of pyridine rings is 1. The Morgan fingerprint density at radius 2 is 1.81 bits per heavy atom. The first kappa shape index (κ1) is 17.7. The lowest BCUT2D eigenvalue weighted by molar-refractivity contribution is -0.117. The van der Waals surface area contributed by atoms with Crippen molar-refractivity contribution in [2.24, 2.45) is 0 Å². The van der Waals surface area contributed by atoms with Crippen LogP contribution in [0.4, 0.5) is 5.69 Å². The summed E-state index contributed by atoms with van der Waals surface area (Å²) in [4.78, 5) is 16.8. The highest BCUT2D eigenvalue weighted by Crippen LogP contribution is 2.24. The van der Waals surface area contributed by atoms with Crippen molar-refractivity contribution in [2.75, 3.05) is 12.4 Å². The molecule has 4 nitrogen and oxygen atoms in total. The summed E-state index contributed by atoms with van der Waals surface area (Å²) in [6.07, 6.45) is 1.80. The third-order valence-corrected chi connectivity index (χ3v) is 4.37. The number of amides is 1. The molecular formula is C22H22N2O2. The van der Waals surface area contributed by atoms with Crippen molar-refractivity contribution in [2.45, 2.75) is 19.8 Å². The third-order valence-electron chi connectivity index (χ3n) is 4.37. The molecule has 3 rings (SSSR count). The lowest BCUT2D eigenvalue weighted by Crippen LogP contribution is -2.18. The predicted molar refractivity (Wildman–Crippen MR) is 104 cm³/mol. The average Bonchev–Trinajstić information content (AvgIpc) is 2.68. The van der Waals surface area contributed by atoms with E-state index in [0.29, 0.717) is 0 Å². The highest BCUT2D eigenvalue weighted by molar-refractivity contribution is 5.95. The number of methoxy groups -OCH3 is 1. The first-order valence-electron chi connectivity index (χ1n) is 8.55. The first-order chi connectivity index (χ1) is 12.6. The zero-order valence-corrected chi connectivity index (χ0v) is 15.2. The molecule has 0 aliphatic rings. The van der Waals surface area contributed by atoms with Crippen molar-refractivity contribution < 1.29 is 9.53 Å². The Morgan fingerprint density at radius 3 is 2.50 bits per heavy atom. The van der Waals surface area contributed by atoms with Crippen LogP contribution >= 0.6 is 0 Å². The fraction of sp³-hybridized carbons (Fsp3) is 0.182. The van der Waals surface area contributed by atoms with Gasteiger partial charge in [0.05, 0.1) is 13.0 Å². The van der Waals surface area contributed by atoms with E-state index >= 15 is 0 Å². The van der Waals surface area contributed by atoms with Crippen LogP contribution in [0.5, 0.6) is 5.75 Å². The minimum atomic E-state index is -0.271. The van der Waals surface area contributed by atoms with Crippen LogP contribution in [0.15, 0.2) is 66.9 Å². The maximum absolute atomic E-state index is 12.6. The molecular weight excluding hydrogens is 324 g/mol. The van der Waals surface area contributed by atoms with Crippen LogP contribution in [0, 0.1) is 6.92 Å². The molecule has 1 unspecified atom stereocenters. The van der Waals surface area contributed by atoms with Crippen LogP contribution < -0.4 is 10.1 Å². The molecule has 1 N–H and O–H groups in total. The molecule has 2 aromatic carbocycles. The van der Waals surface area contributed by atoms with Gasteiger partial charge in [0.1, 0.15) is 5.75 Å². The van der Waals surface area contributed by atoms with Gasteiger partial charge in [0.2, 0.25) is 5.91 Å². The SMILES string of the molecule is COc1cccc(C(C)C(=O)Nc2ccc(-c3ccnc(C)c3)cc2)c1. The van der Waals surface area contributed by atoms with Gasteiger partial charge in [0, 0.05) is 17.6 Å². The molecule has 1 amide bonds. The highest BCUT2D eigenvalue weighted by Gasteiger charge is 2.16. The molecule has 0 bridgehead atoms. The second-order valence-electron chi connectivity index (χ2n) is 6.25. The first-order valence-corrected chi connectivity index (χ1v) is 8.55. The van der Waals surface area contributed by atoms with Gasteiger partial charge in [0.15, 0.2) is 0 Å². The zero-order valence-electron chi connectivity index (χ0n) is 15.2. The van der Waals surface area contributed by atoms with Crippen LogP contribution in [-0.2, 0) is 4.79 Å². The van der Waals surface area contributed by atoms with Gasteiger partial charge in [0.25, 0.3) is 0 Å². The van der Waals surface area contributed by atoms with Crippen LogP contribution in [0.2, 0.25) is 0 Å². The topological polar surface area (TPSA) is 51.2 Å². The number of hydrogen-bond acceptors (Lipinski definition) is 3. The van der Waals surface area contributed by atoms with E-state index in [0.717, 1.165) is 33.8 Å². The number of hydrogen-bond donors (Lipinski definition) is 1. The lowest BCUT2D eigenvalue weighted by Gasteiger charge is -2.14. The number of rotatable bonds is 5. The van der Waals surface area contributed by atoms with Gasteiger partial charge in [-0.3, -0.25) is 9.78 Å². The van der Waals surface area contributed by atoms with Crippen molar-refractivity contribution in [1.82, 2.24) is 4.98 Å². The number of ether oxygens (including phenoxy) is 1. The van der Waals surface area contributed by atoms with E-state index in [9.17, 15) is 4.79 Å². The second-order valence-corrected chi connectivity index (χ2v) is 6.25. The predicted octanol–water partition coefficient (Wildman–Crippen LogP) is 4.81. The van der Waals surface area contributed by atoms with Gasteiger partial charge in [-0.15, -0.1) is 0 Å². The van der Waals surface area contributed by atoms with Crippen molar-refractivity contribution in [1.29, 1.82) is 0 Å². The van der Waals surface area contributed by atoms with E-state index in [1.807, 2.05) is 74.5 Å². The zero-order chi connectivity index (χ0) is 18.5. The monoisotopic (exact) mass is 346 g/mol. The lowest BCUT2D eigenvalue weighted by atomic mass is 10.00. The summed E-state index contributed by atoms with van der Waals surface area (Å²) in [7, 11) is 1.62. The Bertz CT molecular complexity index is 904. The van der Waals surface area contributed by atoms with E-state index in [2.05, 4.69) is 10.3 Å². The number of carbonyl (C=O) groups is 1. The maximum atomic E-state index is 12.6. The molecule has 132 valence electrons. The summed E-state index contributed by atoms with van der Waals surface area (Å²) in [6.45, 7) is 3.86. The van der Waals surface area contributed by atoms with Crippen LogP contribution in [0.25, 0.3) is 11.1 Å². The number of nitrogens with zero attached hydrogens (tertiary/aromatic N) is 1. The van der Waals surface area contributed by atoms with E-state index in [1.165, 1.54) is 0 Å². The summed E-state index contributed by atoms with van der Waals surface area (Å²) >= 11 is 0. The molecule has 26 heavy (non-hydrogen) atoms. The number of aromatic nitrogens is 1. The summed E-state index contributed by atoms with van der Waals surface area (Å²) < 4.78 is 5.23. The van der Waals surface area contributed by atoms with Gasteiger partial charge in [-0.25, -0.2) is 0 Å². The van der Waals surface area contributed by atoms with Gasteiger partial charge in [-0.05, 0) is 66.9 Å². The highest BCUT2D eigenvalue weighted by atomic mass is 16.5. The normalized spacial score (nSPS) is 11.7. The van der Waals surface area contributed by atoms with Crippen molar-refractivity contribution in [3.05, 3.63) is 78.1 Å². The molecule has 0 saturated heterocycles. The van der Waals surface area contributed by atoms with Crippen molar-refractivity contribution >= 4 is 11.6 Å². The third kappa shape index (κ3) is 4.09. The van der Waals surface area contributed by atoms with E-state index in [-0.39, 0.29) is 11.8 Å². The van der Waals surface area contributed by atoms with Gasteiger partial charge in [-0.1, -0.05) is 24.3 Å². The smallest absolute Gasteiger partial charge is 0.231 e. The Hall–Kier alpha value is -3.14. The standard InChI is InChI=1S/C22H22N2O2/c1-15-13-19(11-12-23-15)17-7-9-20(10-8-17)24-22(25)16(2)18-5-4-6-21(14-18)26-3/h4-14,16H,1-3H3,(H,24,25). The second kappa shape index (κ2) is 7.83. The quantitative estimate of drug-likeness (QED) is 0.721. The Balaban J connectivity index is 1.71. The summed E-state index contributed by atoms with van der Waals surface area (Å²) in [5, 5.41) is 2.98. The molecule has 0 aliphatic heterocycles. The van der Waals surface area contributed by atoms with Gasteiger partial charge >= 0.3 is 0 Å². The molecule has 0 saturated carbocycles. The molecule has 0 fully saturated rings. The minimum absolute atomic E-state index is 0.0502. The van der Waals surface area contributed by atoms with Gasteiger partial charge in [-0.2, -0.15) is 0 Å².